The minimum Gasteiger partial charge on any atom is -0.352 e. The molecule has 0 aromatic heterocycles. The summed E-state index contributed by atoms with van der Waals surface area (Å²) in [7, 11) is 1.68. The van der Waals surface area contributed by atoms with Gasteiger partial charge in [0.1, 0.15) is 0 Å². The molecule has 1 fully saturated rings. The summed E-state index contributed by atoms with van der Waals surface area (Å²) in [5.74, 6) is -0.522. The predicted molar refractivity (Wildman–Crippen MR) is 75.1 cm³/mol. The molecule has 0 radical (unpaired) electrons. The molecule has 1 atom stereocenters. The van der Waals surface area contributed by atoms with Gasteiger partial charge in [-0.1, -0.05) is 0 Å². The van der Waals surface area contributed by atoms with Crippen molar-refractivity contribution >= 4 is 17.8 Å². The zero-order chi connectivity index (χ0) is 15.3. The fourth-order valence-electron chi connectivity index (χ4n) is 1.58. The monoisotopic (exact) mass is 284 g/mol. The van der Waals surface area contributed by atoms with Crippen LogP contribution in [0.5, 0.6) is 0 Å². The Balaban J connectivity index is 2.34. The summed E-state index contributed by atoms with van der Waals surface area (Å²) >= 11 is 0. The van der Waals surface area contributed by atoms with E-state index in [9.17, 15) is 14.4 Å². The summed E-state index contributed by atoms with van der Waals surface area (Å²) in [4.78, 5) is 36.5. The van der Waals surface area contributed by atoms with E-state index in [2.05, 4.69) is 16.0 Å². The van der Waals surface area contributed by atoms with Crippen LogP contribution in [0.15, 0.2) is 0 Å². The van der Waals surface area contributed by atoms with Crippen LogP contribution in [-0.2, 0) is 9.59 Å². The number of hydrogen-bond acceptors (Lipinski definition) is 4. The Hall–Kier alpha value is -1.63. The van der Waals surface area contributed by atoms with Gasteiger partial charge in [-0.15, -0.1) is 0 Å². The van der Waals surface area contributed by atoms with E-state index in [1.165, 1.54) is 0 Å². The van der Waals surface area contributed by atoms with Crippen molar-refractivity contribution in [1.29, 1.82) is 0 Å². The summed E-state index contributed by atoms with van der Waals surface area (Å²) in [5.41, 5.74) is 0. The molecule has 0 aromatic carbocycles. The van der Waals surface area contributed by atoms with Crippen molar-refractivity contribution < 1.29 is 14.4 Å². The Morgan fingerprint density at radius 3 is 2.30 bits per heavy atom. The smallest absolute Gasteiger partial charge is 0.321 e. The summed E-state index contributed by atoms with van der Waals surface area (Å²) in [6.45, 7) is 5.41. The molecule has 1 aliphatic carbocycles. The number of amides is 4. The molecule has 1 rings (SSSR count). The number of imide groups is 1. The molecule has 0 heterocycles. The Morgan fingerprint density at radius 2 is 1.80 bits per heavy atom. The molecular weight excluding hydrogens is 260 g/mol. The van der Waals surface area contributed by atoms with Gasteiger partial charge in [0.25, 0.3) is 0 Å². The lowest BCUT2D eigenvalue weighted by atomic mass is 10.2. The number of urea groups is 1. The van der Waals surface area contributed by atoms with Crippen LogP contribution in [0, 0.1) is 0 Å². The van der Waals surface area contributed by atoms with E-state index in [1.54, 1.807) is 18.9 Å². The molecule has 7 heteroatoms. The molecule has 114 valence electrons. The number of likely N-dealkylation sites (N-methyl/N-ethyl adjacent to an activating group) is 1. The lowest BCUT2D eigenvalue weighted by Crippen LogP contribution is -2.51. The lowest BCUT2D eigenvalue weighted by Gasteiger charge is -2.23. The summed E-state index contributed by atoms with van der Waals surface area (Å²) in [6.07, 6.45) is 2.06. The van der Waals surface area contributed by atoms with E-state index in [4.69, 9.17) is 0 Å². The standard InChI is InChI=1S/C13H24N4O3/c1-8(2)14-13(20)16-12(19)9(3)17(4)7-11(18)15-10-5-6-10/h8-10H,5-7H2,1-4H3,(H,15,18)(H2,14,16,19,20). The number of hydrogen-bond donors (Lipinski definition) is 3. The van der Waals surface area contributed by atoms with E-state index in [1.807, 2.05) is 13.8 Å². The van der Waals surface area contributed by atoms with Crippen molar-refractivity contribution in [2.24, 2.45) is 0 Å². The van der Waals surface area contributed by atoms with E-state index in [0.29, 0.717) is 6.04 Å². The normalized spacial score (nSPS) is 15.9. The maximum absolute atomic E-state index is 11.8. The van der Waals surface area contributed by atoms with Gasteiger partial charge in [-0.3, -0.25) is 19.8 Å². The molecule has 0 saturated heterocycles. The Bertz CT molecular complexity index is 380. The van der Waals surface area contributed by atoms with Crippen molar-refractivity contribution in [3.05, 3.63) is 0 Å². The number of rotatable bonds is 6. The molecule has 0 spiro atoms. The molecule has 4 amide bonds. The molecule has 0 bridgehead atoms. The third-order valence-corrected chi connectivity index (χ3v) is 3.03. The van der Waals surface area contributed by atoms with Crippen molar-refractivity contribution in [2.45, 2.75) is 51.7 Å². The van der Waals surface area contributed by atoms with Gasteiger partial charge in [0.05, 0.1) is 12.6 Å². The van der Waals surface area contributed by atoms with Crippen molar-refractivity contribution in [2.75, 3.05) is 13.6 Å². The molecule has 1 saturated carbocycles. The van der Waals surface area contributed by atoms with Crippen LogP contribution in [-0.4, -0.2) is 54.5 Å². The van der Waals surface area contributed by atoms with E-state index in [0.717, 1.165) is 12.8 Å². The second-order valence-corrected chi connectivity index (χ2v) is 5.55. The fraction of sp³-hybridized carbons (Fsp3) is 0.769. The summed E-state index contributed by atoms with van der Waals surface area (Å²) in [6, 6.07) is -0.817. The highest BCUT2D eigenvalue weighted by atomic mass is 16.2. The quantitative estimate of drug-likeness (QED) is 0.631. The highest BCUT2D eigenvalue weighted by Crippen LogP contribution is 2.18. The van der Waals surface area contributed by atoms with Crippen LogP contribution >= 0.6 is 0 Å². The second-order valence-electron chi connectivity index (χ2n) is 5.55. The zero-order valence-corrected chi connectivity index (χ0v) is 12.5. The average molecular weight is 284 g/mol. The van der Waals surface area contributed by atoms with Gasteiger partial charge in [-0.2, -0.15) is 0 Å². The van der Waals surface area contributed by atoms with Gasteiger partial charge in [0.2, 0.25) is 11.8 Å². The maximum Gasteiger partial charge on any atom is 0.321 e. The van der Waals surface area contributed by atoms with Crippen LogP contribution < -0.4 is 16.0 Å². The number of nitrogens with zero attached hydrogens (tertiary/aromatic N) is 1. The Labute approximate surface area is 119 Å². The summed E-state index contributed by atoms with van der Waals surface area (Å²) < 4.78 is 0. The SMILES string of the molecule is CC(C)NC(=O)NC(=O)C(C)N(C)CC(=O)NC1CC1. The first-order valence-corrected chi connectivity index (χ1v) is 6.90. The van der Waals surface area contributed by atoms with E-state index >= 15 is 0 Å². The molecule has 1 aliphatic rings. The van der Waals surface area contributed by atoms with E-state index in [-0.39, 0.29) is 18.5 Å². The van der Waals surface area contributed by atoms with Gasteiger partial charge in [0, 0.05) is 12.1 Å². The molecular formula is C13H24N4O3. The van der Waals surface area contributed by atoms with E-state index < -0.39 is 18.0 Å². The highest BCUT2D eigenvalue weighted by molar-refractivity contribution is 5.97. The van der Waals surface area contributed by atoms with Crippen LogP contribution in [0.4, 0.5) is 4.79 Å². The fourth-order valence-corrected chi connectivity index (χ4v) is 1.58. The number of carbonyl (C=O) groups is 3. The third kappa shape index (κ3) is 6.01. The molecule has 0 aromatic rings. The summed E-state index contributed by atoms with van der Waals surface area (Å²) in [5, 5.41) is 7.68. The molecule has 7 nitrogen and oxygen atoms in total. The van der Waals surface area contributed by atoms with Crippen LogP contribution in [0.1, 0.15) is 33.6 Å². The molecule has 3 N–H and O–H groups in total. The van der Waals surface area contributed by atoms with Gasteiger partial charge in [-0.05, 0) is 40.7 Å². The number of carbonyl (C=O) groups excluding carboxylic acids is 3. The largest absolute Gasteiger partial charge is 0.352 e. The maximum atomic E-state index is 11.8. The van der Waals surface area contributed by atoms with Crippen LogP contribution in [0.25, 0.3) is 0 Å². The first-order valence-electron chi connectivity index (χ1n) is 6.90. The highest BCUT2D eigenvalue weighted by Gasteiger charge is 2.26. The van der Waals surface area contributed by atoms with Crippen molar-refractivity contribution in [3.63, 3.8) is 0 Å². The Kier molecular flexibility index (Phi) is 5.94. The van der Waals surface area contributed by atoms with Crippen molar-refractivity contribution in [3.8, 4) is 0 Å². The predicted octanol–water partition coefficient (Wildman–Crippen LogP) is -0.180. The Morgan fingerprint density at radius 1 is 1.20 bits per heavy atom. The van der Waals surface area contributed by atoms with Gasteiger partial charge in [-0.25, -0.2) is 4.79 Å². The molecule has 20 heavy (non-hydrogen) atoms. The molecule has 1 unspecified atom stereocenters. The average Bonchev–Trinajstić information content (AvgIpc) is 3.09. The van der Waals surface area contributed by atoms with Crippen molar-refractivity contribution in [1.82, 2.24) is 20.9 Å². The minimum absolute atomic E-state index is 0.0415. The zero-order valence-electron chi connectivity index (χ0n) is 12.5. The lowest BCUT2D eigenvalue weighted by molar-refractivity contribution is -0.126. The van der Waals surface area contributed by atoms with Gasteiger partial charge in [0.15, 0.2) is 0 Å². The van der Waals surface area contributed by atoms with Crippen LogP contribution in [0.2, 0.25) is 0 Å². The minimum atomic E-state index is -0.558. The number of nitrogens with one attached hydrogen (secondary N) is 3. The molecule has 0 aliphatic heterocycles. The van der Waals surface area contributed by atoms with Gasteiger partial charge >= 0.3 is 6.03 Å². The first-order chi connectivity index (χ1) is 9.29. The van der Waals surface area contributed by atoms with Gasteiger partial charge < -0.3 is 10.6 Å². The topological polar surface area (TPSA) is 90.5 Å². The van der Waals surface area contributed by atoms with Crippen LogP contribution in [0.3, 0.4) is 0 Å². The first kappa shape index (κ1) is 16.4. The third-order valence-electron chi connectivity index (χ3n) is 3.03. The second kappa shape index (κ2) is 7.23.